The first kappa shape index (κ1) is 13.9. The fraction of sp³-hybridized carbons (Fsp3) is 0.500. The average molecular weight is 287 g/mol. The number of benzene rings is 1. The normalized spacial score (nSPS) is 20.6. The number of likely N-dealkylation sites (tertiary alicyclic amines) is 1. The molecule has 2 amide bonds. The summed E-state index contributed by atoms with van der Waals surface area (Å²) in [6.45, 7) is 2.19. The van der Waals surface area contributed by atoms with Crippen molar-refractivity contribution in [3.05, 3.63) is 29.3 Å². The molecule has 1 fully saturated rings. The maximum absolute atomic E-state index is 12.6. The maximum Gasteiger partial charge on any atom is 0.253 e. The Labute approximate surface area is 124 Å². The number of carbonyl (C=O) groups is 2. The molecule has 2 aliphatic rings. The quantitative estimate of drug-likeness (QED) is 0.860. The zero-order valence-corrected chi connectivity index (χ0v) is 12.3. The number of amides is 2. The number of hydrogen-bond donors (Lipinski definition) is 2. The summed E-state index contributed by atoms with van der Waals surface area (Å²) in [4.78, 5) is 26.2. The van der Waals surface area contributed by atoms with Crippen molar-refractivity contribution in [2.24, 2.45) is 5.92 Å². The van der Waals surface area contributed by atoms with Gasteiger partial charge in [0.2, 0.25) is 5.91 Å². The summed E-state index contributed by atoms with van der Waals surface area (Å²) in [5.74, 6) is -0.0246. The van der Waals surface area contributed by atoms with E-state index in [1.807, 2.05) is 18.2 Å². The molecule has 0 saturated carbocycles. The molecule has 21 heavy (non-hydrogen) atoms. The van der Waals surface area contributed by atoms with Crippen molar-refractivity contribution in [3.8, 4) is 0 Å². The SMILES string of the molecule is CNC(=O)C1CCCN(C(=O)c2ccc3c(c2)NCC3)C1. The molecule has 2 heterocycles. The van der Waals surface area contributed by atoms with Crippen molar-refractivity contribution in [2.75, 3.05) is 32.0 Å². The lowest BCUT2D eigenvalue weighted by Crippen LogP contribution is -2.44. The lowest BCUT2D eigenvalue weighted by molar-refractivity contribution is -0.125. The highest BCUT2D eigenvalue weighted by Crippen LogP contribution is 2.25. The van der Waals surface area contributed by atoms with Crippen LogP contribution in [0.2, 0.25) is 0 Å². The van der Waals surface area contributed by atoms with E-state index in [1.165, 1.54) is 5.56 Å². The van der Waals surface area contributed by atoms with Gasteiger partial charge in [0, 0.05) is 37.9 Å². The van der Waals surface area contributed by atoms with Gasteiger partial charge in [0.15, 0.2) is 0 Å². The van der Waals surface area contributed by atoms with Crippen molar-refractivity contribution >= 4 is 17.5 Å². The van der Waals surface area contributed by atoms with Gasteiger partial charge < -0.3 is 15.5 Å². The summed E-state index contributed by atoms with van der Waals surface area (Å²) in [5.41, 5.74) is 3.05. The van der Waals surface area contributed by atoms with Crippen LogP contribution in [-0.4, -0.2) is 43.4 Å². The topological polar surface area (TPSA) is 61.4 Å². The summed E-state index contributed by atoms with van der Waals surface area (Å²) < 4.78 is 0. The number of nitrogens with zero attached hydrogens (tertiary/aromatic N) is 1. The summed E-state index contributed by atoms with van der Waals surface area (Å²) >= 11 is 0. The number of piperidine rings is 1. The second kappa shape index (κ2) is 5.76. The first-order valence-electron chi connectivity index (χ1n) is 7.56. The molecule has 5 nitrogen and oxygen atoms in total. The van der Waals surface area contributed by atoms with Gasteiger partial charge in [-0.3, -0.25) is 9.59 Å². The number of anilines is 1. The maximum atomic E-state index is 12.6. The van der Waals surface area contributed by atoms with Gasteiger partial charge in [-0.1, -0.05) is 6.07 Å². The van der Waals surface area contributed by atoms with Crippen LogP contribution in [0.4, 0.5) is 5.69 Å². The van der Waals surface area contributed by atoms with Crippen molar-refractivity contribution in [1.29, 1.82) is 0 Å². The second-order valence-electron chi connectivity index (χ2n) is 5.75. The zero-order valence-electron chi connectivity index (χ0n) is 12.3. The molecular formula is C16H21N3O2. The summed E-state index contributed by atoms with van der Waals surface area (Å²) in [6.07, 6.45) is 2.76. The highest BCUT2D eigenvalue weighted by atomic mass is 16.2. The minimum atomic E-state index is -0.0831. The van der Waals surface area contributed by atoms with E-state index in [0.717, 1.165) is 38.0 Å². The highest BCUT2D eigenvalue weighted by Gasteiger charge is 2.28. The summed E-state index contributed by atoms with van der Waals surface area (Å²) in [5, 5.41) is 5.98. The lowest BCUT2D eigenvalue weighted by Gasteiger charge is -2.32. The molecule has 2 aliphatic heterocycles. The van der Waals surface area contributed by atoms with Crippen LogP contribution in [0.15, 0.2) is 18.2 Å². The molecule has 5 heteroatoms. The van der Waals surface area contributed by atoms with Gasteiger partial charge in [0.25, 0.3) is 5.91 Å². The first-order chi connectivity index (χ1) is 10.2. The Morgan fingerprint density at radius 2 is 2.24 bits per heavy atom. The molecule has 1 aromatic rings. The van der Waals surface area contributed by atoms with Gasteiger partial charge in [0.05, 0.1) is 5.92 Å². The Morgan fingerprint density at radius 1 is 1.38 bits per heavy atom. The smallest absolute Gasteiger partial charge is 0.253 e. The molecule has 3 rings (SSSR count). The number of nitrogens with one attached hydrogen (secondary N) is 2. The third-order valence-corrected chi connectivity index (χ3v) is 4.39. The van der Waals surface area contributed by atoms with Gasteiger partial charge in [-0.15, -0.1) is 0 Å². The first-order valence-corrected chi connectivity index (χ1v) is 7.56. The van der Waals surface area contributed by atoms with Crippen LogP contribution >= 0.6 is 0 Å². The fourth-order valence-electron chi connectivity index (χ4n) is 3.19. The van der Waals surface area contributed by atoms with E-state index in [1.54, 1.807) is 11.9 Å². The van der Waals surface area contributed by atoms with Gasteiger partial charge in [-0.05, 0) is 37.0 Å². The van der Waals surface area contributed by atoms with Crippen molar-refractivity contribution in [3.63, 3.8) is 0 Å². The number of carbonyl (C=O) groups excluding carboxylic acids is 2. The Morgan fingerprint density at radius 3 is 3.05 bits per heavy atom. The number of hydrogen-bond acceptors (Lipinski definition) is 3. The van der Waals surface area contributed by atoms with E-state index in [4.69, 9.17) is 0 Å². The van der Waals surface area contributed by atoms with Crippen molar-refractivity contribution < 1.29 is 9.59 Å². The third-order valence-electron chi connectivity index (χ3n) is 4.39. The van der Waals surface area contributed by atoms with Crippen LogP contribution in [0.5, 0.6) is 0 Å². The van der Waals surface area contributed by atoms with E-state index >= 15 is 0 Å². The molecule has 0 aromatic heterocycles. The predicted molar refractivity (Wildman–Crippen MR) is 81.3 cm³/mol. The minimum Gasteiger partial charge on any atom is -0.384 e. The van der Waals surface area contributed by atoms with E-state index in [0.29, 0.717) is 12.1 Å². The molecule has 0 bridgehead atoms. The highest BCUT2D eigenvalue weighted by molar-refractivity contribution is 5.96. The van der Waals surface area contributed by atoms with Gasteiger partial charge in [0.1, 0.15) is 0 Å². The van der Waals surface area contributed by atoms with Crippen LogP contribution in [-0.2, 0) is 11.2 Å². The second-order valence-corrected chi connectivity index (χ2v) is 5.75. The summed E-state index contributed by atoms with van der Waals surface area (Å²) in [7, 11) is 1.65. The molecule has 1 unspecified atom stereocenters. The van der Waals surface area contributed by atoms with Crippen LogP contribution in [0.3, 0.4) is 0 Å². The summed E-state index contributed by atoms with van der Waals surface area (Å²) in [6, 6.07) is 5.87. The van der Waals surface area contributed by atoms with Crippen molar-refractivity contribution in [2.45, 2.75) is 19.3 Å². The number of fused-ring (bicyclic) bond motifs is 1. The van der Waals surface area contributed by atoms with Crippen molar-refractivity contribution in [1.82, 2.24) is 10.2 Å². The molecule has 2 N–H and O–H groups in total. The van der Waals surface area contributed by atoms with Crippen LogP contribution < -0.4 is 10.6 Å². The monoisotopic (exact) mass is 287 g/mol. The Hall–Kier alpha value is -2.04. The van der Waals surface area contributed by atoms with Gasteiger partial charge >= 0.3 is 0 Å². The molecule has 112 valence electrons. The minimum absolute atomic E-state index is 0.0279. The Kier molecular flexibility index (Phi) is 3.82. The zero-order chi connectivity index (χ0) is 14.8. The standard InChI is InChI=1S/C16H21N3O2/c1-17-15(20)13-3-2-8-19(10-13)16(21)12-5-4-11-6-7-18-14(11)9-12/h4-5,9,13,18H,2-3,6-8,10H2,1H3,(H,17,20). The van der Waals surface area contributed by atoms with Crippen LogP contribution in [0, 0.1) is 5.92 Å². The lowest BCUT2D eigenvalue weighted by atomic mass is 9.96. The molecule has 0 aliphatic carbocycles. The Bertz CT molecular complexity index is 571. The van der Waals surface area contributed by atoms with Gasteiger partial charge in [-0.25, -0.2) is 0 Å². The molecule has 0 radical (unpaired) electrons. The van der Waals surface area contributed by atoms with Crippen LogP contribution in [0.25, 0.3) is 0 Å². The third kappa shape index (κ3) is 2.73. The molecule has 1 atom stereocenters. The van der Waals surface area contributed by atoms with E-state index < -0.39 is 0 Å². The van der Waals surface area contributed by atoms with Crippen LogP contribution in [0.1, 0.15) is 28.8 Å². The van der Waals surface area contributed by atoms with Gasteiger partial charge in [-0.2, -0.15) is 0 Å². The fourth-order valence-corrected chi connectivity index (χ4v) is 3.19. The molecule has 0 spiro atoms. The van der Waals surface area contributed by atoms with E-state index in [2.05, 4.69) is 10.6 Å². The average Bonchev–Trinajstić information content (AvgIpc) is 3.01. The Balaban J connectivity index is 1.74. The molecule has 1 saturated heterocycles. The van der Waals surface area contributed by atoms with E-state index in [-0.39, 0.29) is 17.7 Å². The molecule has 1 aromatic carbocycles. The van der Waals surface area contributed by atoms with E-state index in [9.17, 15) is 9.59 Å². The number of rotatable bonds is 2. The predicted octanol–water partition coefficient (Wildman–Crippen LogP) is 1.25. The molecular weight excluding hydrogens is 266 g/mol. The largest absolute Gasteiger partial charge is 0.384 e.